The number of carbonyl (C=O) groups is 1. The molecule has 1 heterocycles. The highest BCUT2D eigenvalue weighted by atomic mass is 16.1. The molecule has 0 fully saturated rings. The van der Waals surface area contributed by atoms with Gasteiger partial charge in [0.1, 0.15) is 12.2 Å². The quantitative estimate of drug-likeness (QED) is 0.695. The van der Waals surface area contributed by atoms with Crippen molar-refractivity contribution in [3.63, 3.8) is 0 Å². The van der Waals surface area contributed by atoms with Crippen molar-refractivity contribution in [2.45, 2.75) is 13.0 Å². The standard InChI is InChI=1S/C19H21N5O/c1-24-18(22-14-23-24)13-21-17-10-6-5-9-16(17)19(25)20-12-11-15-7-3-2-4-8-15/h2-10,14,21H,11-13H2,1H3,(H,20,25). The normalized spacial score (nSPS) is 10.4. The van der Waals surface area contributed by atoms with Crippen LogP contribution in [0.4, 0.5) is 5.69 Å². The Hall–Kier alpha value is -3.15. The van der Waals surface area contributed by atoms with Gasteiger partial charge in [-0.15, -0.1) is 0 Å². The Kier molecular flexibility index (Phi) is 5.41. The third kappa shape index (κ3) is 4.44. The fourth-order valence-electron chi connectivity index (χ4n) is 2.55. The van der Waals surface area contributed by atoms with Crippen LogP contribution in [0.1, 0.15) is 21.7 Å². The van der Waals surface area contributed by atoms with Crippen LogP contribution in [0.25, 0.3) is 0 Å². The molecule has 0 atom stereocenters. The fraction of sp³-hybridized carbons (Fsp3) is 0.211. The van der Waals surface area contributed by atoms with E-state index in [9.17, 15) is 4.79 Å². The molecule has 0 bridgehead atoms. The molecule has 0 saturated carbocycles. The number of amides is 1. The molecule has 2 N–H and O–H groups in total. The highest BCUT2D eigenvalue weighted by Crippen LogP contribution is 2.15. The predicted molar refractivity (Wildman–Crippen MR) is 97.3 cm³/mol. The molecule has 3 rings (SSSR count). The summed E-state index contributed by atoms with van der Waals surface area (Å²) in [6, 6.07) is 17.6. The van der Waals surface area contributed by atoms with Crippen LogP contribution in [0.3, 0.4) is 0 Å². The zero-order valence-electron chi connectivity index (χ0n) is 14.1. The van der Waals surface area contributed by atoms with Gasteiger partial charge in [0, 0.05) is 19.3 Å². The van der Waals surface area contributed by atoms with Gasteiger partial charge in [0.15, 0.2) is 0 Å². The molecule has 0 saturated heterocycles. The minimum Gasteiger partial charge on any atom is -0.377 e. The first-order valence-electron chi connectivity index (χ1n) is 8.22. The van der Waals surface area contributed by atoms with Crippen molar-refractivity contribution in [3.8, 4) is 0 Å². The van der Waals surface area contributed by atoms with E-state index in [2.05, 4.69) is 32.8 Å². The third-order valence-corrected chi connectivity index (χ3v) is 3.96. The first-order chi connectivity index (χ1) is 12.2. The van der Waals surface area contributed by atoms with Gasteiger partial charge in [0.05, 0.1) is 12.1 Å². The van der Waals surface area contributed by atoms with E-state index < -0.39 is 0 Å². The number of anilines is 1. The predicted octanol–water partition coefficient (Wildman–Crippen LogP) is 2.40. The molecule has 1 amide bonds. The molecule has 0 spiro atoms. The summed E-state index contributed by atoms with van der Waals surface area (Å²) >= 11 is 0. The number of benzene rings is 2. The number of hydrogen-bond donors (Lipinski definition) is 2. The number of rotatable bonds is 7. The van der Waals surface area contributed by atoms with Crippen molar-refractivity contribution < 1.29 is 4.79 Å². The molecular weight excluding hydrogens is 314 g/mol. The molecule has 1 aromatic heterocycles. The van der Waals surface area contributed by atoms with E-state index in [0.29, 0.717) is 18.7 Å². The lowest BCUT2D eigenvalue weighted by Gasteiger charge is -2.12. The molecule has 0 aliphatic rings. The number of aromatic nitrogens is 3. The number of para-hydroxylation sites is 1. The SMILES string of the molecule is Cn1ncnc1CNc1ccccc1C(=O)NCCc1ccccc1. The Morgan fingerprint density at radius 1 is 1.08 bits per heavy atom. The van der Waals surface area contributed by atoms with Crippen molar-refractivity contribution in [3.05, 3.63) is 77.9 Å². The van der Waals surface area contributed by atoms with Crippen LogP contribution in [0.2, 0.25) is 0 Å². The highest BCUT2D eigenvalue weighted by Gasteiger charge is 2.11. The fourth-order valence-corrected chi connectivity index (χ4v) is 2.55. The largest absolute Gasteiger partial charge is 0.377 e. The van der Waals surface area contributed by atoms with Gasteiger partial charge in [-0.3, -0.25) is 9.48 Å². The number of nitrogens with zero attached hydrogens (tertiary/aromatic N) is 3. The molecule has 0 aliphatic heterocycles. The number of carbonyl (C=O) groups excluding carboxylic acids is 1. The summed E-state index contributed by atoms with van der Waals surface area (Å²) in [5.74, 6) is 0.719. The van der Waals surface area contributed by atoms with Gasteiger partial charge in [-0.25, -0.2) is 4.98 Å². The molecule has 128 valence electrons. The second-order valence-corrected chi connectivity index (χ2v) is 5.69. The van der Waals surface area contributed by atoms with E-state index in [0.717, 1.165) is 17.9 Å². The molecule has 0 unspecified atom stereocenters. The average molecular weight is 335 g/mol. The average Bonchev–Trinajstić information content (AvgIpc) is 3.06. The van der Waals surface area contributed by atoms with E-state index in [1.54, 1.807) is 4.68 Å². The minimum atomic E-state index is -0.0861. The van der Waals surface area contributed by atoms with Crippen molar-refractivity contribution in [2.75, 3.05) is 11.9 Å². The molecule has 25 heavy (non-hydrogen) atoms. The maximum atomic E-state index is 12.5. The Labute approximate surface area is 146 Å². The number of nitrogens with one attached hydrogen (secondary N) is 2. The maximum Gasteiger partial charge on any atom is 0.253 e. The van der Waals surface area contributed by atoms with E-state index in [1.165, 1.54) is 11.9 Å². The summed E-state index contributed by atoms with van der Waals surface area (Å²) < 4.78 is 1.70. The van der Waals surface area contributed by atoms with Crippen molar-refractivity contribution in [1.29, 1.82) is 0 Å². The Bertz CT molecular complexity index is 829. The lowest BCUT2D eigenvalue weighted by atomic mass is 10.1. The van der Waals surface area contributed by atoms with Crippen LogP contribution >= 0.6 is 0 Å². The summed E-state index contributed by atoms with van der Waals surface area (Å²) in [5, 5.41) is 10.3. The lowest BCUT2D eigenvalue weighted by Crippen LogP contribution is -2.26. The number of aryl methyl sites for hydroxylation is 1. The van der Waals surface area contributed by atoms with Gasteiger partial charge in [-0.05, 0) is 24.1 Å². The van der Waals surface area contributed by atoms with E-state index in [1.807, 2.05) is 49.5 Å². The van der Waals surface area contributed by atoms with Gasteiger partial charge in [-0.1, -0.05) is 42.5 Å². The summed E-state index contributed by atoms with van der Waals surface area (Å²) in [6.45, 7) is 1.10. The smallest absolute Gasteiger partial charge is 0.253 e. The molecule has 0 radical (unpaired) electrons. The van der Waals surface area contributed by atoms with E-state index in [-0.39, 0.29) is 5.91 Å². The van der Waals surface area contributed by atoms with Crippen LogP contribution < -0.4 is 10.6 Å². The van der Waals surface area contributed by atoms with Crippen LogP contribution in [-0.2, 0) is 20.0 Å². The summed E-state index contributed by atoms with van der Waals surface area (Å²) in [7, 11) is 1.84. The zero-order chi connectivity index (χ0) is 17.5. The Morgan fingerprint density at radius 3 is 2.60 bits per heavy atom. The molecule has 0 aliphatic carbocycles. The van der Waals surface area contributed by atoms with Crippen molar-refractivity contribution in [2.24, 2.45) is 7.05 Å². The van der Waals surface area contributed by atoms with Gasteiger partial charge >= 0.3 is 0 Å². The van der Waals surface area contributed by atoms with Gasteiger partial charge < -0.3 is 10.6 Å². The number of hydrogen-bond acceptors (Lipinski definition) is 4. The van der Waals surface area contributed by atoms with Crippen LogP contribution in [0, 0.1) is 0 Å². The summed E-state index contributed by atoms with van der Waals surface area (Å²) in [6.07, 6.45) is 2.32. The first-order valence-corrected chi connectivity index (χ1v) is 8.22. The van der Waals surface area contributed by atoms with Gasteiger partial charge in [-0.2, -0.15) is 5.10 Å². The molecule has 6 nitrogen and oxygen atoms in total. The van der Waals surface area contributed by atoms with E-state index in [4.69, 9.17) is 0 Å². The third-order valence-electron chi connectivity index (χ3n) is 3.96. The molecule has 6 heteroatoms. The second-order valence-electron chi connectivity index (χ2n) is 5.69. The second kappa shape index (κ2) is 8.10. The Balaban J connectivity index is 1.59. The van der Waals surface area contributed by atoms with E-state index >= 15 is 0 Å². The van der Waals surface area contributed by atoms with Crippen molar-refractivity contribution >= 4 is 11.6 Å². The molecular formula is C19H21N5O. The van der Waals surface area contributed by atoms with Gasteiger partial charge in [0.25, 0.3) is 5.91 Å². The Morgan fingerprint density at radius 2 is 1.84 bits per heavy atom. The summed E-state index contributed by atoms with van der Waals surface area (Å²) in [4.78, 5) is 16.7. The van der Waals surface area contributed by atoms with Crippen LogP contribution in [0.5, 0.6) is 0 Å². The molecule has 3 aromatic rings. The monoisotopic (exact) mass is 335 g/mol. The summed E-state index contributed by atoms with van der Waals surface area (Å²) in [5.41, 5.74) is 2.61. The highest BCUT2D eigenvalue weighted by molar-refractivity contribution is 5.99. The van der Waals surface area contributed by atoms with Gasteiger partial charge in [0.2, 0.25) is 0 Å². The first kappa shape index (κ1) is 16.7. The maximum absolute atomic E-state index is 12.5. The van der Waals surface area contributed by atoms with Crippen molar-refractivity contribution in [1.82, 2.24) is 20.1 Å². The lowest BCUT2D eigenvalue weighted by molar-refractivity contribution is 0.0955. The minimum absolute atomic E-state index is 0.0861. The van der Waals surface area contributed by atoms with Crippen LogP contribution in [-0.4, -0.2) is 27.2 Å². The van der Waals surface area contributed by atoms with Crippen LogP contribution in [0.15, 0.2) is 60.9 Å². The molecule has 2 aromatic carbocycles. The zero-order valence-corrected chi connectivity index (χ0v) is 14.1. The topological polar surface area (TPSA) is 71.8 Å².